The summed E-state index contributed by atoms with van der Waals surface area (Å²) in [5.74, 6) is -0.201. The Morgan fingerprint density at radius 3 is 2.75 bits per heavy atom. The first-order valence-electron chi connectivity index (χ1n) is 11.1. The highest BCUT2D eigenvalue weighted by Crippen LogP contribution is 2.32. The lowest BCUT2D eigenvalue weighted by atomic mass is 10.2. The highest BCUT2D eigenvalue weighted by atomic mass is 19.4. The molecule has 1 amide bonds. The van der Waals surface area contributed by atoms with E-state index in [2.05, 4.69) is 30.7 Å². The molecule has 3 aromatic heterocycles. The first kappa shape index (κ1) is 17.9. The minimum Gasteiger partial charge on any atom is -0.350 e. The van der Waals surface area contributed by atoms with Crippen LogP contribution in [0.15, 0.2) is 30.7 Å². The zero-order chi connectivity index (χ0) is 25.5. The van der Waals surface area contributed by atoms with Gasteiger partial charge >= 0.3 is 6.18 Å². The van der Waals surface area contributed by atoms with Gasteiger partial charge in [0.05, 0.1) is 18.4 Å². The molecule has 1 aliphatic heterocycles. The van der Waals surface area contributed by atoms with Crippen LogP contribution >= 0.6 is 0 Å². The largest absolute Gasteiger partial charge is 0.433 e. The lowest BCUT2D eigenvalue weighted by molar-refractivity contribution is -0.141. The number of hydrogen-bond donors (Lipinski definition) is 2. The van der Waals surface area contributed by atoms with Crippen LogP contribution in [-0.4, -0.2) is 43.7 Å². The summed E-state index contributed by atoms with van der Waals surface area (Å²) in [5.41, 5.74) is 0.969. The smallest absolute Gasteiger partial charge is 0.350 e. The first-order valence-corrected chi connectivity index (χ1v) is 9.59. The van der Waals surface area contributed by atoms with Gasteiger partial charge in [0.25, 0.3) is 0 Å². The Labute approximate surface area is 185 Å². The Morgan fingerprint density at radius 2 is 2.06 bits per heavy atom. The number of anilines is 3. The zero-order valence-corrected chi connectivity index (χ0v) is 17.1. The van der Waals surface area contributed by atoms with E-state index in [0.717, 1.165) is 22.7 Å². The summed E-state index contributed by atoms with van der Waals surface area (Å²) in [7, 11) is 0. The molecule has 9 nitrogen and oxygen atoms in total. The lowest BCUT2D eigenvalue weighted by Crippen LogP contribution is -2.44. The Morgan fingerprint density at radius 1 is 1.25 bits per heavy atom. The Balaban J connectivity index is 1.47. The quantitative estimate of drug-likeness (QED) is 0.577. The molecule has 0 saturated heterocycles. The molecule has 0 radical (unpaired) electrons. The van der Waals surface area contributed by atoms with Crippen molar-refractivity contribution in [2.24, 2.45) is 0 Å². The van der Waals surface area contributed by atoms with Crippen LogP contribution in [0.4, 0.5) is 30.6 Å². The van der Waals surface area contributed by atoms with Crippen LogP contribution in [0.1, 0.15) is 33.6 Å². The van der Waals surface area contributed by atoms with Gasteiger partial charge < -0.3 is 15.5 Å². The molecule has 0 spiro atoms. The molecule has 4 rings (SSSR count). The molecule has 0 aliphatic carbocycles. The maximum absolute atomic E-state index is 12.7. The van der Waals surface area contributed by atoms with Crippen LogP contribution in [0.25, 0.3) is 0 Å². The lowest BCUT2D eigenvalue weighted by Gasteiger charge is -2.32. The first-order chi connectivity index (χ1) is 16.3. The summed E-state index contributed by atoms with van der Waals surface area (Å²) in [4.78, 5) is 25.3. The molecule has 3 aromatic rings. The molecular weight excluding hydrogens is 426 g/mol. The molecule has 0 saturated carbocycles. The van der Waals surface area contributed by atoms with Crippen molar-refractivity contribution >= 4 is 23.4 Å². The van der Waals surface area contributed by atoms with Crippen molar-refractivity contribution in [3.8, 4) is 0 Å². The van der Waals surface area contributed by atoms with E-state index in [0.29, 0.717) is 11.3 Å². The summed E-state index contributed by atoms with van der Waals surface area (Å²) in [5, 5.41) is 9.87. The van der Waals surface area contributed by atoms with E-state index in [-0.39, 0.29) is 30.5 Å². The highest BCUT2D eigenvalue weighted by Gasteiger charge is 2.32. The minimum absolute atomic E-state index is 0.0950. The number of hydrogen-bond acceptors (Lipinski definition) is 7. The van der Waals surface area contributed by atoms with E-state index in [1.807, 2.05) is 0 Å². The Hall–Kier alpha value is -3.70. The van der Waals surface area contributed by atoms with Gasteiger partial charge in [-0.25, -0.2) is 4.98 Å². The average Bonchev–Trinajstić information content (AvgIpc) is 3.20. The number of rotatable bonds is 5. The number of nitrogens with one attached hydrogen (secondary N) is 2. The fourth-order valence-corrected chi connectivity index (χ4v) is 3.12. The van der Waals surface area contributed by atoms with E-state index in [9.17, 15) is 18.0 Å². The van der Waals surface area contributed by atoms with Crippen molar-refractivity contribution < 1.29 is 22.1 Å². The van der Waals surface area contributed by atoms with Gasteiger partial charge in [-0.15, -0.1) is 0 Å². The molecule has 2 N–H and O–H groups in total. The third-order valence-electron chi connectivity index (χ3n) is 4.91. The number of halogens is 3. The predicted octanol–water partition coefficient (Wildman–Crippen LogP) is 2.83. The summed E-state index contributed by atoms with van der Waals surface area (Å²) < 4.78 is 63.0. The van der Waals surface area contributed by atoms with Crippen LogP contribution in [0.3, 0.4) is 0 Å². The molecule has 4 heterocycles. The number of aryl methyl sites for hydroxylation is 1. The Kier molecular flexibility index (Phi) is 4.53. The van der Waals surface area contributed by atoms with Gasteiger partial charge in [0.1, 0.15) is 17.4 Å². The number of carbonyl (C=O) groups is 1. The third kappa shape index (κ3) is 4.34. The number of likely N-dealkylation sites (N-methyl/N-ethyl adjacent to an activating group) is 1. The van der Waals surface area contributed by atoms with Crippen molar-refractivity contribution in [1.29, 1.82) is 0 Å². The summed E-state index contributed by atoms with van der Waals surface area (Å²) in [6, 6.07) is 1.31. The van der Waals surface area contributed by atoms with Gasteiger partial charge in [0.2, 0.25) is 11.9 Å². The number of nitrogens with zero attached hydrogens (tertiary/aromatic N) is 6. The monoisotopic (exact) mass is 450 g/mol. The number of amides is 1. The molecular formula is C20H21F3N8O. The van der Waals surface area contributed by atoms with Gasteiger partial charge in [-0.05, 0) is 25.5 Å². The van der Waals surface area contributed by atoms with Crippen LogP contribution in [0.5, 0.6) is 0 Å². The zero-order valence-electron chi connectivity index (χ0n) is 20.1. The number of fused-ring (bicyclic) bond motifs is 1. The van der Waals surface area contributed by atoms with Crippen molar-refractivity contribution in [3.63, 3.8) is 0 Å². The summed E-state index contributed by atoms with van der Waals surface area (Å²) in [6.07, 6.45) is -0.0628. The maximum atomic E-state index is 12.7. The molecule has 32 heavy (non-hydrogen) atoms. The van der Waals surface area contributed by atoms with Crippen molar-refractivity contribution in [2.45, 2.75) is 39.2 Å². The maximum Gasteiger partial charge on any atom is 0.433 e. The molecule has 0 fully saturated rings. The second-order valence-electron chi connectivity index (χ2n) is 7.32. The van der Waals surface area contributed by atoms with Crippen LogP contribution in [0.2, 0.25) is 0 Å². The second-order valence-corrected chi connectivity index (χ2v) is 7.32. The van der Waals surface area contributed by atoms with E-state index in [1.54, 1.807) is 24.0 Å². The summed E-state index contributed by atoms with van der Waals surface area (Å²) in [6.45, 7) is 1.01. The van der Waals surface area contributed by atoms with Gasteiger partial charge in [-0.2, -0.15) is 23.3 Å². The standard InChI is InChI=1S/C20H21F3N8O/c1-11-16-17(30(3)12(2)18(32)28-16)29-19(27-11)25-7-14-8-26-31(10-14)9-13-4-5-15(24-6-13)20(21,22)23/h4-6,8,10,12H,7,9H2,1-3H3,(H,28,32)(H,25,27,29)/t12-/m0/s1/i3+1D3. The molecule has 0 aromatic carbocycles. The molecule has 1 atom stereocenters. The molecule has 168 valence electrons. The number of aromatic nitrogens is 5. The highest BCUT2D eigenvalue weighted by molar-refractivity contribution is 6.03. The number of alkyl halides is 3. The van der Waals surface area contributed by atoms with Crippen molar-refractivity contribution in [2.75, 3.05) is 22.5 Å². The topological polar surface area (TPSA) is 101 Å². The van der Waals surface area contributed by atoms with Crippen LogP contribution < -0.4 is 15.5 Å². The predicted molar refractivity (Wildman–Crippen MR) is 111 cm³/mol. The fraction of sp³-hybridized carbons (Fsp3) is 0.350. The van der Waals surface area contributed by atoms with Crippen LogP contribution in [-0.2, 0) is 24.1 Å². The molecule has 0 bridgehead atoms. The number of carbonyl (C=O) groups excluding carboxylic acids is 1. The molecule has 1 aliphatic rings. The van der Waals surface area contributed by atoms with Crippen molar-refractivity contribution in [1.82, 2.24) is 24.7 Å². The van der Waals surface area contributed by atoms with Crippen molar-refractivity contribution in [3.05, 3.63) is 53.2 Å². The number of pyridine rings is 1. The van der Waals surface area contributed by atoms with Gasteiger partial charge in [0.15, 0.2) is 5.82 Å². The molecule has 0 unspecified atom stereocenters. The van der Waals surface area contributed by atoms with E-state index < -0.39 is 30.8 Å². The van der Waals surface area contributed by atoms with Gasteiger partial charge in [-0.3, -0.25) is 14.5 Å². The van der Waals surface area contributed by atoms with Crippen LogP contribution in [0, 0.1) is 6.92 Å². The van der Waals surface area contributed by atoms with E-state index >= 15 is 0 Å². The summed E-state index contributed by atoms with van der Waals surface area (Å²) >= 11 is 0. The van der Waals surface area contributed by atoms with Gasteiger partial charge in [0, 0.05) is 35.6 Å². The minimum atomic E-state index is -4.50. The average molecular weight is 450 g/mol. The van der Waals surface area contributed by atoms with E-state index in [4.69, 9.17) is 4.11 Å². The van der Waals surface area contributed by atoms with E-state index in [1.165, 1.54) is 13.0 Å². The molecule has 12 heteroatoms. The second kappa shape index (κ2) is 8.09. The SMILES string of the molecule is [2H][13C]([2H])([2H])N1c2nc(NCc3cnn(Cc4ccc(C(F)(F)F)nc4)c3)nc(C)c2NC(=O)[C@@H]1C. The normalized spacial score (nSPS) is 17.8. The third-order valence-corrected chi connectivity index (χ3v) is 4.91. The Bertz CT molecular complexity index is 1240. The fourth-order valence-electron chi connectivity index (χ4n) is 3.12. The van der Waals surface area contributed by atoms with Gasteiger partial charge in [-0.1, -0.05) is 6.07 Å².